The van der Waals surface area contributed by atoms with Crippen molar-refractivity contribution >= 4 is 0 Å². The molecule has 2 atom stereocenters. The van der Waals surface area contributed by atoms with E-state index in [9.17, 15) is 10.2 Å². The Hall–Kier alpha value is -2.94. The van der Waals surface area contributed by atoms with Gasteiger partial charge < -0.3 is 10.2 Å². The number of aliphatic hydroxyl groups excluding tert-OH is 2. The first-order valence-corrected chi connectivity index (χ1v) is 15.5. The van der Waals surface area contributed by atoms with E-state index in [1.54, 1.807) is 0 Å². The normalized spacial score (nSPS) is 25.0. The van der Waals surface area contributed by atoms with Crippen LogP contribution in [0.2, 0.25) is 0 Å². The molecule has 0 aromatic carbocycles. The number of hydrogen-bond donors (Lipinski definition) is 2. The Morgan fingerprint density at radius 1 is 0.548 bits per heavy atom. The lowest BCUT2D eigenvalue weighted by atomic mass is 9.71. The van der Waals surface area contributed by atoms with Crippen LogP contribution in [0, 0.1) is 10.8 Å². The monoisotopic (exact) mass is 568 g/mol. The summed E-state index contributed by atoms with van der Waals surface area (Å²) in [5, 5.41) is 20.2. The molecule has 0 amide bonds. The van der Waals surface area contributed by atoms with E-state index in [1.165, 1.54) is 44.6 Å². The first kappa shape index (κ1) is 35.3. The van der Waals surface area contributed by atoms with Gasteiger partial charge in [-0.25, -0.2) is 0 Å². The van der Waals surface area contributed by atoms with Crippen molar-refractivity contribution in [2.24, 2.45) is 10.8 Å². The highest BCUT2D eigenvalue weighted by Crippen LogP contribution is 2.42. The molecule has 0 heterocycles. The van der Waals surface area contributed by atoms with Crippen molar-refractivity contribution in [2.45, 2.75) is 107 Å². The zero-order chi connectivity index (χ0) is 31.5. The second kappa shape index (κ2) is 16.1. The fraction of sp³-hybridized carbons (Fsp3) is 0.450. The van der Waals surface area contributed by atoms with Gasteiger partial charge in [0.2, 0.25) is 0 Å². The van der Waals surface area contributed by atoms with E-state index in [1.807, 2.05) is 0 Å². The molecular weight excluding hydrogens is 512 g/mol. The molecule has 0 saturated heterocycles. The summed E-state index contributed by atoms with van der Waals surface area (Å²) in [4.78, 5) is 0. The average molecular weight is 569 g/mol. The third-order valence-corrected chi connectivity index (χ3v) is 8.24. The Bertz CT molecular complexity index is 1190. The van der Waals surface area contributed by atoms with Crippen LogP contribution in [0.5, 0.6) is 0 Å². The first-order valence-electron chi connectivity index (χ1n) is 15.5. The molecule has 2 rings (SSSR count). The van der Waals surface area contributed by atoms with Crippen LogP contribution in [0.4, 0.5) is 0 Å². The second-order valence-corrected chi connectivity index (χ2v) is 13.7. The summed E-state index contributed by atoms with van der Waals surface area (Å²) >= 11 is 0. The molecule has 0 radical (unpaired) electrons. The molecule has 2 heteroatoms. The van der Waals surface area contributed by atoms with Gasteiger partial charge in [0, 0.05) is 0 Å². The van der Waals surface area contributed by atoms with Gasteiger partial charge in [0.15, 0.2) is 0 Å². The number of rotatable bonds is 10. The zero-order valence-electron chi connectivity index (χ0n) is 28.0. The van der Waals surface area contributed by atoms with E-state index in [0.29, 0.717) is 0 Å². The number of allylic oxidation sites excluding steroid dienone is 20. The quantitative estimate of drug-likeness (QED) is 0.257. The average Bonchev–Trinajstić information content (AvgIpc) is 2.84. The standard InChI is InChI=1S/C40H56O2/c1-29(17-13-19-31(3)21-23-37-33(5)25-35(41)27-39(37,7)8)15-11-12-16-30(2)18-14-20-32(4)22-24-38-34(6)26-36(42)28-40(38,9)10/h11-24,35-36,41-42H,25-28H2,1-10H3/b12-11+,17-13+,18-14?,23-21+,24-22?,29-15+,30-16?,31-19+,32-20?. The van der Waals surface area contributed by atoms with Crippen LogP contribution >= 0.6 is 0 Å². The van der Waals surface area contributed by atoms with E-state index in [2.05, 4.69) is 154 Å². The van der Waals surface area contributed by atoms with Gasteiger partial charge in [-0.2, -0.15) is 0 Å². The van der Waals surface area contributed by atoms with Crippen molar-refractivity contribution in [3.05, 3.63) is 130 Å². The molecule has 0 aromatic rings. The van der Waals surface area contributed by atoms with E-state index in [0.717, 1.165) is 25.7 Å². The van der Waals surface area contributed by atoms with Crippen LogP contribution in [-0.2, 0) is 0 Å². The van der Waals surface area contributed by atoms with Crippen molar-refractivity contribution in [1.29, 1.82) is 0 Å². The minimum Gasteiger partial charge on any atom is -0.393 e. The predicted octanol–water partition coefficient (Wildman–Crippen LogP) is 10.5. The minimum absolute atomic E-state index is 0.00547. The van der Waals surface area contributed by atoms with Crippen molar-refractivity contribution in [2.75, 3.05) is 0 Å². The van der Waals surface area contributed by atoms with Gasteiger partial charge in [0.25, 0.3) is 0 Å². The van der Waals surface area contributed by atoms with Gasteiger partial charge in [-0.05, 0) is 89.2 Å². The van der Waals surface area contributed by atoms with Crippen LogP contribution in [0.3, 0.4) is 0 Å². The van der Waals surface area contributed by atoms with Gasteiger partial charge in [0.05, 0.1) is 12.2 Å². The lowest BCUT2D eigenvalue weighted by Gasteiger charge is -2.35. The zero-order valence-corrected chi connectivity index (χ0v) is 28.0. The Balaban J connectivity index is 1.90. The van der Waals surface area contributed by atoms with Crippen molar-refractivity contribution in [3.8, 4) is 0 Å². The smallest absolute Gasteiger partial charge is 0.0585 e. The number of aliphatic hydroxyl groups is 2. The molecule has 0 fully saturated rings. The van der Waals surface area contributed by atoms with Crippen LogP contribution < -0.4 is 0 Å². The van der Waals surface area contributed by atoms with Crippen LogP contribution in [-0.4, -0.2) is 22.4 Å². The molecular formula is C40H56O2. The van der Waals surface area contributed by atoms with Gasteiger partial charge in [-0.3, -0.25) is 0 Å². The maximum absolute atomic E-state index is 10.1. The topological polar surface area (TPSA) is 40.5 Å². The fourth-order valence-corrected chi connectivity index (χ4v) is 6.13. The van der Waals surface area contributed by atoms with Crippen molar-refractivity contribution in [1.82, 2.24) is 0 Å². The Morgan fingerprint density at radius 2 is 0.857 bits per heavy atom. The molecule has 228 valence electrons. The Morgan fingerprint density at radius 3 is 1.19 bits per heavy atom. The van der Waals surface area contributed by atoms with Crippen molar-refractivity contribution < 1.29 is 10.2 Å². The summed E-state index contributed by atoms with van der Waals surface area (Å²) in [5.74, 6) is 0. The first-order chi connectivity index (χ1) is 19.6. The highest BCUT2D eigenvalue weighted by molar-refractivity contribution is 5.39. The largest absolute Gasteiger partial charge is 0.393 e. The number of hydrogen-bond acceptors (Lipinski definition) is 2. The summed E-state index contributed by atoms with van der Waals surface area (Å²) in [6.07, 6.45) is 32.6. The third-order valence-electron chi connectivity index (χ3n) is 8.24. The summed E-state index contributed by atoms with van der Waals surface area (Å²) in [5.41, 5.74) is 10.1. The van der Waals surface area contributed by atoms with Crippen LogP contribution in [0.1, 0.15) is 94.9 Å². The van der Waals surface area contributed by atoms with Crippen molar-refractivity contribution in [3.63, 3.8) is 0 Å². The summed E-state index contributed by atoms with van der Waals surface area (Å²) < 4.78 is 0. The van der Waals surface area contributed by atoms with Crippen LogP contribution in [0.25, 0.3) is 0 Å². The summed E-state index contributed by atoms with van der Waals surface area (Å²) in [6, 6.07) is 0. The molecule has 0 spiro atoms. The highest BCUT2D eigenvalue weighted by Gasteiger charge is 2.32. The van der Waals surface area contributed by atoms with E-state index >= 15 is 0 Å². The van der Waals surface area contributed by atoms with Gasteiger partial charge in [-0.15, -0.1) is 0 Å². The molecule has 2 nitrogen and oxygen atoms in total. The molecule has 42 heavy (non-hydrogen) atoms. The summed E-state index contributed by atoms with van der Waals surface area (Å²) in [6.45, 7) is 21.6. The molecule has 0 aromatic heterocycles. The molecule has 2 unspecified atom stereocenters. The van der Waals surface area contributed by atoms with E-state index in [4.69, 9.17) is 0 Å². The Labute approximate surface area is 257 Å². The third kappa shape index (κ3) is 11.7. The minimum atomic E-state index is -0.227. The lowest BCUT2D eigenvalue weighted by molar-refractivity contribution is 0.116. The van der Waals surface area contributed by atoms with E-state index < -0.39 is 0 Å². The molecule has 2 N–H and O–H groups in total. The molecule has 0 aliphatic heterocycles. The second-order valence-electron chi connectivity index (χ2n) is 13.7. The lowest BCUT2D eigenvalue weighted by Crippen LogP contribution is -2.28. The molecule has 0 bridgehead atoms. The van der Waals surface area contributed by atoms with Gasteiger partial charge in [0.1, 0.15) is 0 Å². The highest BCUT2D eigenvalue weighted by atomic mass is 16.3. The van der Waals surface area contributed by atoms with Gasteiger partial charge in [-0.1, -0.05) is 146 Å². The maximum atomic E-state index is 10.1. The van der Waals surface area contributed by atoms with E-state index in [-0.39, 0.29) is 23.0 Å². The fourth-order valence-electron chi connectivity index (χ4n) is 6.13. The Kier molecular flexibility index (Phi) is 13.5. The van der Waals surface area contributed by atoms with Crippen LogP contribution in [0.15, 0.2) is 130 Å². The maximum Gasteiger partial charge on any atom is 0.0585 e. The predicted molar refractivity (Wildman–Crippen MR) is 184 cm³/mol. The SMILES string of the molecule is CC(C=CC1=C(C)CC(O)CC1(C)C)=CC=CC(C)=C/C=C/C=C(C)/C=C/C=C(C)/C=C/C1=C(C)CC(O)CC1(C)C. The molecule has 2 aliphatic carbocycles. The molecule has 0 saturated carbocycles. The van der Waals surface area contributed by atoms with Gasteiger partial charge >= 0.3 is 0 Å². The molecule has 2 aliphatic rings. The summed E-state index contributed by atoms with van der Waals surface area (Å²) in [7, 11) is 0.